The summed E-state index contributed by atoms with van der Waals surface area (Å²) in [4.78, 5) is 96.4. The number of aryl methyl sites for hydroxylation is 1. The Kier molecular flexibility index (Phi) is 9.84. The number of fused-ring (bicyclic) bond motifs is 2. The number of nitrogen functional groups attached to an aromatic ring is 2. The van der Waals surface area contributed by atoms with Gasteiger partial charge in [-0.2, -0.15) is 9.88 Å². The number of nitrogens with two attached hydrogens (primary N) is 2. The Morgan fingerprint density at radius 3 is 2.37 bits per heavy atom. The minimum absolute atomic E-state index is 0.0137. The van der Waals surface area contributed by atoms with Gasteiger partial charge in [0.1, 0.15) is 42.8 Å². The fourth-order valence-corrected chi connectivity index (χ4v) is 9.82. The zero-order valence-corrected chi connectivity index (χ0v) is 28.3. The van der Waals surface area contributed by atoms with Crippen molar-refractivity contribution in [2.24, 2.45) is 7.05 Å². The number of ether oxygens (including phenoxy) is 2. The Labute approximate surface area is 282 Å². The molecule has 3 unspecified atom stereocenters. The van der Waals surface area contributed by atoms with Crippen LogP contribution in [0.3, 0.4) is 0 Å². The monoisotopic (exact) mass is 787 g/mol. The molecule has 2 fully saturated rings. The van der Waals surface area contributed by atoms with Crippen molar-refractivity contribution < 1.29 is 76.6 Å². The Hall–Kier alpha value is -3.17. The van der Waals surface area contributed by atoms with Gasteiger partial charge in [-0.3, -0.25) is 33.2 Å². The Morgan fingerprint density at radius 1 is 1.02 bits per heavy atom. The number of H-pyrrole nitrogens is 2. The molecule has 0 spiro atoms. The molecule has 11 atom stereocenters. The normalized spacial score (nSPS) is 30.5. The molecule has 2 saturated heterocycles. The van der Waals surface area contributed by atoms with Gasteiger partial charge in [0.05, 0.1) is 20.0 Å². The molecule has 51 heavy (non-hydrogen) atoms. The average molecular weight is 787 g/mol. The third-order valence-corrected chi connectivity index (χ3v) is 12.5. The predicted molar refractivity (Wildman–Crippen MR) is 161 cm³/mol. The molecule has 0 amide bonds. The molecular formula is C21H30N10O17P3+. The summed E-state index contributed by atoms with van der Waals surface area (Å²) in [5, 5.41) is 42.2. The first kappa shape index (κ1) is 37.6. The molecule has 6 heterocycles. The van der Waals surface area contributed by atoms with Crippen molar-refractivity contribution in [1.29, 1.82) is 0 Å². The van der Waals surface area contributed by atoms with E-state index in [0.717, 1.165) is 15.5 Å². The van der Waals surface area contributed by atoms with Crippen molar-refractivity contribution >= 4 is 58.2 Å². The van der Waals surface area contributed by atoms with Crippen LogP contribution in [0.5, 0.6) is 0 Å². The summed E-state index contributed by atoms with van der Waals surface area (Å²) in [6, 6.07) is 0. The van der Waals surface area contributed by atoms with Crippen molar-refractivity contribution in [2.75, 3.05) is 24.2 Å². The highest BCUT2D eigenvalue weighted by Crippen LogP contribution is 2.71. The van der Waals surface area contributed by atoms with Crippen LogP contribution >= 0.6 is 23.9 Å². The second kappa shape index (κ2) is 13.4. The van der Waals surface area contributed by atoms with Gasteiger partial charge in [0.25, 0.3) is 25.0 Å². The molecule has 0 bridgehead atoms. The van der Waals surface area contributed by atoms with Crippen LogP contribution in [0.1, 0.15) is 12.5 Å². The van der Waals surface area contributed by atoms with Crippen LogP contribution < -0.4 is 36.9 Å². The van der Waals surface area contributed by atoms with Gasteiger partial charge in [-0.25, -0.2) is 19.0 Å². The van der Waals surface area contributed by atoms with Crippen LogP contribution in [0.4, 0.5) is 11.9 Å². The average Bonchev–Trinajstić information content (AvgIpc) is 3.71. The van der Waals surface area contributed by atoms with E-state index in [4.69, 9.17) is 20.9 Å². The topological polar surface area (TPSA) is 421 Å². The zero-order chi connectivity index (χ0) is 37.4. The third kappa shape index (κ3) is 7.39. The van der Waals surface area contributed by atoms with Crippen molar-refractivity contribution in [3.8, 4) is 0 Å². The first-order valence-corrected chi connectivity index (χ1v) is 19.0. The van der Waals surface area contributed by atoms with E-state index < -0.39 is 96.9 Å². The van der Waals surface area contributed by atoms with Gasteiger partial charge in [-0.15, -0.1) is 0 Å². The highest BCUT2D eigenvalue weighted by Gasteiger charge is 2.55. The number of imidazole rings is 2. The highest BCUT2D eigenvalue weighted by atomic mass is 31.3. The molecule has 13 N–H and O–H groups in total. The molecule has 280 valence electrons. The van der Waals surface area contributed by atoms with Gasteiger partial charge in [0.15, 0.2) is 23.7 Å². The quantitative estimate of drug-likeness (QED) is 0.0497. The van der Waals surface area contributed by atoms with Gasteiger partial charge in [0.2, 0.25) is 17.7 Å². The highest BCUT2D eigenvalue weighted by molar-refractivity contribution is 7.72. The first-order chi connectivity index (χ1) is 23.7. The minimum atomic E-state index is -5.96. The number of phosphoric acid groups is 2. The maximum atomic E-state index is 12.8. The lowest BCUT2D eigenvalue weighted by Crippen LogP contribution is -2.46. The van der Waals surface area contributed by atoms with Gasteiger partial charge >= 0.3 is 21.6 Å². The maximum absolute atomic E-state index is 12.8. The molecule has 4 aromatic heterocycles. The van der Waals surface area contributed by atoms with Gasteiger partial charge in [-0.1, -0.05) is 9.29 Å². The van der Waals surface area contributed by atoms with Crippen LogP contribution in [-0.4, -0.2) is 119 Å². The molecule has 2 aliphatic rings. The molecule has 30 heteroatoms. The summed E-state index contributed by atoms with van der Waals surface area (Å²) in [5.74, 6) is -0.604. The number of nitrogens with zero attached hydrogens (tertiary/aromatic N) is 6. The number of phosphoric ester groups is 1. The summed E-state index contributed by atoms with van der Waals surface area (Å²) in [6.07, 6.45) is -12.7. The van der Waals surface area contributed by atoms with E-state index in [1.54, 1.807) is 0 Å². The number of nitrogens with one attached hydrogen (secondary N) is 2. The number of anilines is 2. The molecule has 0 aromatic carbocycles. The number of aliphatic hydroxyl groups is 4. The van der Waals surface area contributed by atoms with Crippen LogP contribution in [0, 0.1) is 0 Å². The molecule has 2 aliphatic heterocycles. The van der Waals surface area contributed by atoms with E-state index in [2.05, 4.69) is 38.1 Å². The SMILES string of the molecule is Cn1c[n+]([C@@H]2O[C@H](COP(=O)(O)O[P+]([O-])(O)O[P+]([O-])(O)C[C@H]3O[C@@H](n4cnc5c(=O)[nH]c(N)nc54)[C@H](O)[C@@H]3O)[C@@H](O)[C@H]2O)c2nc(N)[nH]c(=O)c21. The fraction of sp³-hybridized carbons (Fsp3) is 0.524. The van der Waals surface area contributed by atoms with E-state index in [1.165, 1.54) is 17.9 Å². The molecule has 6 rings (SSSR count). The Balaban J connectivity index is 1.08. The number of aliphatic hydroxyl groups excluding tert-OH is 4. The second-order valence-corrected chi connectivity index (χ2v) is 16.4. The lowest BCUT2D eigenvalue weighted by atomic mass is 10.1. The van der Waals surface area contributed by atoms with E-state index in [0.29, 0.717) is 0 Å². The number of rotatable bonds is 11. The molecule has 4 aromatic rings. The van der Waals surface area contributed by atoms with E-state index in [9.17, 15) is 59.0 Å². The third-order valence-electron chi connectivity index (χ3n) is 7.71. The fourth-order valence-electron chi connectivity index (χ4n) is 5.55. The summed E-state index contributed by atoms with van der Waals surface area (Å²) in [7, 11) is -15.6. The molecule has 0 radical (unpaired) electrons. The van der Waals surface area contributed by atoms with Crippen LogP contribution in [0.2, 0.25) is 0 Å². The lowest BCUT2D eigenvalue weighted by Gasteiger charge is -2.28. The molecule has 27 nitrogen and oxygen atoms in total. The first-order valence-electron chi connectivity index (χ1n) is 14.2. The minimum Gasteiger partial charge on any atom is -0.628 e. The number of hydrogen-bond acceptors (Lipinski definition) is 21. The van der Waals surface area contributed by atoms with Crippen LogP contribution in [-0.2, 0) is 34.2 Å². The number of aromatic amines is 2. The van der Waals surface area contributed by atoms with Crippen molar-refractivity contribution in [3.63, 3.8) is 0 Å². The van der Waals surface area contributed by atoms with E-state index in [1.807, 2.05) is 0 Å². The van der Waals surface area contributed by atoms with Crippen molar-refractivity contribution in [2.45, 2.75) is 49.1 Å². The predicted octanol–water partition coefficient (Wildman–Crippen LogP) is -6.62. The summed E-state index contributed by atoms with van der Waals surface area (Å²) in [6.45, 7) is -1.07. The van der Waals surface area contributed by atoms with Crippen LogP contribution in [0.15, 0.2) is 22.2 Å². The maximum Gasteiger partial charge on any atom is 0.511 e. The summed E-state index contributed by atoms with van der Waals surface area (Å²) < 4.78 is 40.0. The summed E-state index contributed by atoms with van der Waals surface area (Å²) >= 11 is 0. The Morgan fingerprint density at radius 2 is 1.67 bits per heavy atom. The van der Waals surface area contributed by atoms with Crippen molar-refractivity contribution in [1.82, 2.24) is 34.1 Å². The number of hydrogen-bond donors (Lipinski definition) is 11. The standard InChI is InChI=1S/C21H29N10O17P3/c1-29-5-31(15-9(29)17(37)28-21(23)26-15)19-12(34)10(32)6(45-19)2-44-50(40,41)48-51(42,43)47-49(38,39)3-7-11(33)13(35)18(46-7)30-4-24-8-14(30)25-20(22)27-16(8)36/h4-7,10-13,18-19,32-35H,2-3H2,1H3,(H8-,22,23,25,26,27,28,36,37,38,39,40,41,42,43)/p+1/t6-,7-,10-,11-,12-,13-,18-,19-/m1/s1. The zero-order valence-electron chi connectivity index (χ0n) is 25.6. The van der Waals surface area contributed by atoms with E-state index in [-0.39, 0.29) is 34.2 Å². The second-order valence-electron chi connectivity index (χ2n) is 11.3. The number of aromatic nitrogens is 8. The largest absolute Gasteiger partial charge is 0.628 e. The van der Waals surface area contributed by atoms with E-state index >= 15 is 0 Å². The molecular weight excluding hydrogens is 757 g/mol. The molecule has 0 saturated carbocycles. The van der Waals surface area contributed by atoms with Crippen molar-refractivity contribution in [3.05, 3.63) is 33.4 Å². The lowest BCUT2D eigenvalue weighted by molar-refractivity contribution is -0.745. The smallest absolute Gasteiger partial charge is 0.511 e. The van der Waals surface area contributed by atoms with Gasteiger partial charge in [-0.05, 0) is 4.31 Å². The summed E-state index contributed by atoms with van der Waals surface area (Å²) in [5.41, 5.74) is 9.32. The van der Waals surface area contributed by atoms with Crippen LogP contribution in [0.25, 0.3) is 22.3 Å². The Bertz CT molecular complexity index is 2120. The molecule has 0 aliphatic carbocycles. The van der Waals surface area contributed by atoms with Gasteiger partial charge < -0.3 is 56.0 Å². The van der Waals surface area contributed by atoms with Gasteiger partial charge in [0, 0.05) is 0 Å².